The predicted molar refractivity (Wildman–Crippen MR) is 125 cm³/mol. The van der Waals surface area contributed by atoms with Crippen LogP contribution < -0.4 is 19.3 Å². The summed E-state index contributed by atoms with van der Waals surface area (Å²) in [6.45, 7) is 7.68. The van der Waals surface area contributed by atoms with Gasteiger partial charge in [-0.1, -0.05) is 6.58 Å². The van der Waals surface area contributed by atoms with E-state index in [0.717, 1.165) is 52.4 Å². The van der Waals surface area contributed by atoms with E-state index in [4.69, 9.17) is 19.4 Å². The van der Waals surface area contributed by atoms with Crippen molar-refractivity contribution < 1.29 is 14.3 Å². The van der Waals surface area contributed by atoms with Gasteiger partial charge in [-0.25, -0.2) is 0 Å². The first-order valence-corrected chi connectivity index (χ1v) is 11.0. The molecule has 0 radical (unpaired) electrons. The van der Waals surface area contributed by atoms with Crippen LogP contribution in [0.2, 0.25) is 0 Å². The Morgan fingerprint density at radius 3 is 2.64 bits per heavy atom. The number of benzene rings is 1. The third-order valence-corrected chi connectivity index (χ3v) is 6.37. The number of anilines is 2. The normalized spacial score (nSPS) is 16.0. The maximum Gasteiger partial charge on any atom is 0.318 e. The summed E-state index contributed by atoms with van der Waals surface area (Å²) in [5.41, 5.74) is 4.04. The number of fused-ring (bicyclic) bond motifs is 2. The van der Waals surface area contributed by atoms with Crippen LogP contribution in [0.4, 0.5) is 11.5 Å². The smallest absolute Gasteiger partial charge is 0.318 e. The molecular weight excluding hydrogens is 422 g/mol. The van der Waals surface area contributed by atoms with Gasteiger partial charge in [0.25, 0.3) is 0 Å². The average Bonchev–Trinajstić information content (AvgIpc) is 3.35. The van der Waals surface area contributed by atoms with Crippen molar-refractivity contribution in [2.45, 2.75) is 13.0 Å². The van der Waals surface area contributed by atoms with Crippen molar-refractivity contribution in [3.05, 3.63) is 42.2 Å². The molecule has 2 aromatic heterocycles. The molecule has 10 nitrogen and oxygen atoms in total. The fraction of sp³-hybridized carbons (Fsp3) is 0.391. The highest BCUT2D eigenvalue weighted by Gasteiger charge is 2.29. The summed E-state index contributed by atoms with van der Waals surface area (Å²) in [5.74, 6) is 1.67. The molecular formula is C23H27N7O3. The molecule has 1 N–H and O–H groups in total. The quantitative estimate of drug-likeness (QED) is 0.589. The number of aromatic nitrogens is 4. The molecule has 33 heavy (non-hydrogen) atoms. The zero-order chi connectivity index (χ0) is 22.9. The summed E-state index contributed by atoms with van der Waals surface area (Å²) in [7, 11) is 3.27. The molecule has 0 bridgehead atoms. The third kappa shape index (κ3) is 3.71. The number of hydrogen-bond acceptors (Lipinski definition) is 8. The molecule has 0 atom stereocenters. The zero-order valence-electron chi connectivity index (χ0n) is 18.9. The highest BCUT2D eigenvalue weighted by molar-refractivity contribution is 5.95. The summed E-state index contributed by atoms with van der Waals surface area (Å²) in [6.07, 6.45) is 3.99. The fourth-order valence-corrected chi connectivity index (χ4v) is 4.67. The Morgan fingerprint density at radius 2 is 1.91 bits per heavy atom. The molecule has 5 rings (SSSR count). The summed E-state index contributed by atoms with van der Waals surface area (Å²) in [4.78, 5) is 27.7. The van der Waals surface area contributed by atoms with Crippen LogP contribution in [-0.2, 0) is 17.8 Å². The van der Waals surface area contributed by atoms with Gasteiger partial charge in [0.2, 0.25) is 5.91 Å². The van der Waals surface area contributed by atoms with Gasteiger partial charge in [0, 0.05) is 43.7 Å². The van der Waals surface area contributed by atoms with E-state index in [-0.39, 0.29) is 5.91 Å². The molecule has 4 heterocycles. The number of aromatic amines is 1. The second kappa shape index (κ2) is 8.61. The molecule has 0 aliphatic carbocycles. The molecule has 0 spiro atoms. The van der Waals surface area contributed by atoms with Crippen molar-refractivity contribution in [1.82, 2.24) is 25.1 Å². The maximum absolute atomic E-state index is 12.0. The van der Waals surface area contributed by atoms with E-state index in [1.54, 1.807) is 14.2 Å². The Labute approximate surface area is 191 Å². The lowest BCUT2D eigenvalue weighted by atomic mass is 10.0. The third-order valence-electron chi connectivity index (χ3n) is 6.37. The summed E-state index contributed by atoms with van der Waals surface area (Å²) >= 11 is 0. The van der Waals surface area contributed by atoms with Crippen LogP contribution in [0.15, 0.2) is 31.0 Å². The van der Waals surface area contributed by atoms with Gasteiger partial charge in [-0.05, 0) is 24.6 Å². The summed E-state index contributed by atoms with van der Waals surface area (Å²) in [5, 5.41) is 8.26. The Morgan fingerprint density at radius 1 is 1.09 bits per heavy atom. The molecule has 172 valence electrons. The standard InChI is InChI=1S/C23H27N7O3/c1-4-20(31)28-9-11-29(12-10-28)22-15-7-8-30(14-18(15)25-23(26-22)33-3)21-16-13-24-27-17(16)5-6-19(21)32-2/h4-6,13H,1,7-12,14H2,2-3H3,(H,24,27). The minimum absolute atomic E-state index is 0.0324. The van der Waals surface area contributed by atoms with Gasteiger partial charge >= 0.3 is 6.01 Å². The van der Waals surface area contributed by atoms with E-state index in [9.17, 15) is 4.79 Å². The van der Waals surface area contributed by atoms with Crippen LogP contribution in [-0.4, -0.2) is 77.9 Å². The van der Waals surface area contributed by atoms with Crippen molar-refractivity contribution in [3.8, 4) is 11.8 Å². The number of nitrogens with zero attached hydrogens (tertiary/aromatic N) is 6. The largest absolute Gasteiger partial charge is 0.495 e. The minimum Gasteiger partial charge on any atom is -0.495 e. The van der Waals surface area contributed by atoms with E-state index in [1.807, 2.05) is 23.2 Å². The topological polar surface area (TPSA) is 99.7 Å². The van der Waals surface area contributed by atoms with Gasteiger partial charge in [0.15, 0.2) is 0 Å². The first-order chi connectivity index (χ1) is 16.1. The number of rotatable bonds is 5. The summed E-state index contributed by atoms with van der Waals surface area (Å²) < 4.78 is 11.1. The maximum atomic E-state index is 12.0. The van der Waals surface area contributed by atoms with Crippen molar-refractivity contribution >= 4 is 28.3 Å². The molecule has 1 fully saturated rings. The molecule has 2 aliphatic heterocycles. The second-order valence-corrected chi connectivity index (χ2v) is 8.09. The number of ether oxygens (including phenoxy) is 2. The van der Waals surface area contributed by atoms with Crippen molar-refractivity contribution in [2.24, 2.45) is 0 Å². The number of H-pyrrole nitrogens is 1. The van der Waals surface area contributed by atoms with Crippen LogP contribution in [0.3, 0.4) is 0 Å². The van der Waals surface area contributed by atoms with Gasteiger partial charge in [-0.15, -0.1) is 0 Å². The van der Waals surface area contributed by atoms with E-state index >= 15 is 0 Å². The van der Waals surface area contributed by atoms with E-state index in [2.05, 4.69) is 26.6 Å². The number of nitrogens with one attached hydrogen (secondary N) is 1. The van der Waals surface area contributed by atoms with Crippen molar-refractivity contribution in [2.75, 3.05) is 56.7 Å². The molecule has 0 saturated carbocycles. The van der Waals surface area contributed by atoms with Crippen LogP contribution in [0.25, 0.3) is 10.9 Å². The number of carbonyl (C=O) groups is 1. The molecule has 1 aromatic carbocycles. The highest BCUT2D eigenvalue weighted by atomic mass is 16.5. The van der Waals surface area contributed by atoms with Gasteiger partial charge < -0.3 is 24.2 Å². The van der Waals surface area contributed by atoms with Crippen molar-refractivity contribution in [1.29, 1.82) is 0 Å². The SMILES string of the molecule is C=CC(=O)N1CCN(c2nc(OC)nc3c2CCN(c2c(OC)ccc4[nH]ncc24)C3)CC1. The number of piperazine rings is 1. The summed E-state index contributed by atoms with van der Waals surface area (Å²) in [6, 6.07) is 4.29. The predicted octanol–water partition coefficient (Wildman–Crippen LogP) is 1.77. The van der Waals surface area contributed by atoms with Gasteiger partial charge in [-0.3, -0.25) is 9.89 Å². The van der Waals surface area contributed by atoms with E-state index in [1.165, 1.54) is 6.08 Å². The Bertz CT molecular complexity index is 1200. The van der Waals surface area contributed by atoms with Crippen LogP contribution in [0.1, 0.15) is 11.3 Å². The van der Waals surface area contributed by atoms with Gasteiger partial charge in [-0.2, -0.15) is 15.1 Å². The second-order valence-electron chi connectivity index (χ2n) is 8.09. The average molecular weight is 450 g/mol. The van der Waals surface area contributed by atoms with E-state index < -0.39 is 0 Å². The minimum atomic E-state index is -0.0324. The number of hydrogen-bond donors (Lipinski definition) is 1. The zero-order valence-corrected chi connectivity index (χ0v) is 18.9. The molecule has 3 aromatic rings. The molecule has 10 heteroatoms. The molecule has 2 aliphatic rings. The number of carbonyl (C=O) groups excluding carboxylic acids is 1. The lowest BCUT2D eigenvalue weighted by Crippen LogP contribution is -2.49. The fourth-order valence-electron chi connectivity index (χ4n) is 4.67. The molecule has 1 saturated heterocycles. The molecule has 0 unspecified atom stereocenters. The van der Waals surface area contributed by atoms with Crippen LogP contribution in [0, 0.1) is 0 Å². The lowest BCUT2D eigenvalue weighted by molar-refractivity contribution is -0.126. The van der Waals surface area contributed by atoms with Gasteiger partial charge in [0.1, 0.15) is 11.6 Å². The number of amides is 1. The first kappa shape index (κ1) is 21.0. The van der Waals surface area contributed by atoms with Gasteiger partial charge in [0.05, 0.1) is 43.9 Å². The van der Waals surface area contributed by atoms with Crippen LogP contribution >= 0.6 is 0 Å². The Kier molecular flexibility index (Phi) is 5.49. The monoisotopic (exact) mass is 449 g/mol. The van der Waals surface area contributed by atoms with E-state index in [0.29, 0.717) is 38.7 Å². The number of methoxy groups -OCH3 is 2. The highest BCUT2D eigenvalue weighted by Crippen LogP contribution is 2.39. The van der Waals surface area contributed by atoms with Crippen molar-refractivity contribution in [3.63, 3.8) is 0 Å². The Hall–Kier alpha value is -3.82. The lowest BCUT2D eigenvalue weighted by Gasteiger charge is -2.38. The Balaban J connectivity index is 1.47. The molecule has 1 amide bonds. The van der Waals surface area contributed by atoms with Crippen LogP contribution in [0.5, 0.6) is 11.8 Å². The first-order valence-electron chi connectivity index (χ1n) is 11.0.